The van der Waals surface area contributed by atoms with Crippen molar-refractivity contribution in [2.24, 2.45) is 0 Å². The number of hydrogen-bond donors (Lipinski definition) is 1. The van der Waals surface area contributed by atoms with Crippen LogP contribution in [-0.2, 0) is 0 Å². The normalized spacial score (nSPS) is 18.8. The summed E-state index contributed by atoms with van der Waals surface area (Å²) in [6, 6.07) is 4.41. The van der Waals surface area contributed by atoms with Crippen molar-refractivity contribution in [3.05, 3.63) is 24.2 Å². The quantitative estimate of drug-likeness (QED) is 0.930. The Balaban J connectivity index is 1.78. The first-order valence-electron chi connectivity index (χ1n) is 7.55. The Morgan fingerprint density at radius 3 is 2.95 bits per heavy atom. The van der Waals surface area contributed by atoms with E-state index in [1.807, 2.05) is 19.1 Å². The standard InChI is InChI=1S/C15H21N5O/c1-3-12-6-4-5-7-20(12)15-9-13(16-10-17-15)18-14-8-11(2)21-19-14/h8-10,12H,3-7H2,1-2H3,(H,16,17,18,19). The Morgan fingerprint density at radius 1 is 1.29 bits per heavy atom. The van der Waals surface area contributed by atoms with Crippen LogP contribution in [0.1, 0.15) is 38.4 Å². The lowest BCUT2D eigenvalue weighted by Crippen LogP contribution is -2.39. The summed E-state index contributed by atoms with van der Waals surface area (Å²) in [5.74, 6) is 3.17. The van der Waals surface area contributed by atoms with Crippen LogP contribution in [0.5, 0.6) is 0 Å². The van der Waals surface area contributed by atoms with E-state index < -0.39 is 0 Å². The fourth-order valence-corrected chi connectivity index (χ4v) is 2.86. The predicted molar refractivity (Wildman–Crippen MR) is 81.8 cm³/mol. The van der Waals surface area contributed by atoms with Crippen molar-refractivity contribution in [1.29, 1.82) is 0 Å². The van der Waals surface area contributed by atoms with Crippen molar-refractivity contribution < 1.29 is 4.52 Å². The third kappa shape index (κ3) is 3.15. The molecule has 2 aromatic rings. The first-order chi connectivity index (χ1) is 10.3. The third-order valence-electron chi connectivity index (χ3n) is 3.93. The molecule has 6 nitrogen and oxygen atoms in total. The first-order valence-corrected chi connectivity index (χ1v) is 7.55. The molecule has 2 aromatic heterocycles. The van der Waals surface area contributed by atoms with E-state index in [0.717, 1.165) is 30.4 Å². The van der Waals surface area contributed by atoms with Crippen LogP contribution < -0.4 is 10.2 Å². The molecule has 21 heavy (non-hydrogen) atoms. The highest BCUT2D eigenvalue weighted by atomic mass is 16.5. The van der Waals surface area contributed by atoms with Crippen molar-refractivity contribution >= 4 is 17.5 Å². The molecule has 0 radical (unpaired) electrons. The molecule has 0 amide bonds. The van der Waals surface area contributed by atoms with Crippen LogP contribution in [0.2, 0.25) is 0 Å². The van der Waals surface area contributed by atoms with E-state index in [1.165, 1.54) is 19.3 Å². The van der Waals surface area contributed by atoms with E-state index in [1.54, 1.807) is 6.33 Å². The van der Waals surface area contributed by atoms with Gasteiger partial charge in [0, 0.05) is 24.7 Å². The Hall–Kier alpha value is -2.11. The van der Waals surface area contributed by atoms with Gasteiger partial charge in [-0.3, -0.25) is 0 Å². The molecule has 0 saturated carbocycles. The highest BCUT2D eigenvalue weighted by Gasteiger charge is 2.22. The van der Waals surface area contributed by atoms with Crippen LogP contribution >= 0.6 is 0 Å². The van der Waals surface area contributed by atoms with Crippen LogP contribution in [0.4, 0.5) is 17.5 Å². The number of hydrogen-bond acceptors (Lipinski definition) is 6. The van der Waals surface area contributed by atoms with Gasteiger partial charge >= 0.3 is 0 Å². The molecule has 1 aliphatic rings. The SMILES string of the molecule is CCC1CCCCN1c1cc(Nc2cc(C)on2)ncn1. The van der Waals surface area contributed by atoms with E-state index in [0.29, 0.717) is 11.9 Å². The van der Waals surface area contributed by atoms with E-state index in [-0.39, 0.29) is 0 Å². The van der Waals surface area contributed by atoms with E-state index >= 15 is 0 Å². The fourth-order valence-electron chi connectivity index (χ4n) is 2.86. The minimum atomic E-state index is 0.579. The molecule has 1 saturated heterocycles. The van der Waals surface area contributed by atoms with Crippen molar-refractivity contribution in [1.82, 2.24) is 15.1 Å². The van der Waals surface area contributed by atoms with Gasteiger partial charge in [0.15, 0.2) is 5.82 Å². The number of anilines is 3. The van der Waals surface area contributed by atoms with Gasteiger partial charge in [0.05, 0.1) is 0 Å². The number of aromatic nitrogens is 3. The van der Waals surface area contributed by atoms with Gasteiger partial charge < -0.3 is 14.7 Å². The maximum atomic E-state index is 5.05. The third-order valence-corrected chi connectivity index (χ3v) is 3.93. The Kier molecular flexibility index (Phi) is 4.03. The van der Waals surface area contributed by atoms with E-state index in [4.69, 9.17) is 4.52 Å². The summed E-state index contributed by atoms with van der Waals surface area (Å²) >= 11 is 0. The van der Waals surface area contributed by atoms with Crippen molar-refractivity contribution in [3.63, 3.8) is 0 Å². The first kappa shape index (κ1) is 13.9. The van der Waals surface area contributed by atoms with Gasteiger partial charge in [0.1, 0.15) is 23.7 Å². The Labute approximate surface area is 124 Å². The van der Waals surface area contributed by atoms with Gasteiger partial charge in [-0.25, -0.2) is 9.97 Å². The second-order valence-corrected chi connectivity index (χ2v) is 5.46. The molecular weight excluding hydrogens is 266 g/mol. The Morgan fingerprint density at radius 2 is 2.19 bits per heavy atom. The lowest BCUT2D eigenvalue weighted by atomic mass is 10.0. The fraction of sp³-hybridized carbons (Fsp3) is 0.533. The van der Waals surface area contributed by atoms with Gasteiger partial charge in [-0.2, -0.15) is 0 Å². The van der Waals surface area contributed by atoms with E-state index in [2.05, 4.69) is 32.3 Å². The van der Waals surface area contributed by atoms with Crippen molar-refractivity contribution in [2.45, 2.75) is 45.6 Å². The number of aryl methyl sites for hydroxylation is 1. The molecule has 1 atom stereocenters. The molecule has 0 aliphatic carbocycles. The van der Waals surface area contributed by atoms with E-state index in [9.17, 15) is 0 Å². The summed E-state index contributed by atoms with van der Waals surface area (Å²) in [5.41, 5.74) is 0. The molecule has 1 N–H and O–H groups in total. The molecule has 0 bridgehead atoms. The zero-order valence-corrected chi connectivity index (χ0v) is 12.5. The van der Waals surface area contributed by atoms with Crippen LogP contribution in [0.3, 0.4) is 0 Å². The summed E-state index contributed by atoms with van der Waals surface area (Å²) in [5, 5.41) is 7.08. The zero-order chi connectivity index (χ0) is 14.7. The monoisotopic (exact) mass is 287 g/mol. The van der Waals surface area contributed by atoms with Gasteiger partial charge in [-0.15, -0.1) is 0 Å². The van der Waals surface area contributed by atoms with Crippen LogP contribution in [0, 0.1) is 6.92 Å². The second kappa shape index (κ2) is 6.11. The largest absolute Gasteiger partial charge is 0.360 e. The van der Waals surface area contributed by atoms with Gasteiger partial charge in [0.2, 0.25) is 0 Å². The predicted octanol–water partition coefficient (Wildman–Crippen LogP) is 3.29. The summed E-state index contributed by atoms with van der Waals surface area (Å²) in [6.45, 7) is 5.17. The summed E-state index contributed by atoms with van der Waals surface area (Å²) in [6.07, 6.45) is 6.53. The minimum Gasteiger partial charge on any atom is -0.360 e. The second-order valence-electron chi connectivity index (χ2n) is 5.46. The number of rotatable bonds is 4. The maximum absolute atomic E-state index is 5.05. The molecule has 112 valence electrons. The minimum absolute atomic E-state index is 0.579. The lowest BCUT2D eigenvalue weighted by Gasteiger charge is -2.36. The molecule has 3 rings (SSSR count). The average molecular weight is 287 g/mol. The summed E-state index contributed by atoms with van der Waals surface area (Å²) < 4.78 is 5.05. The molecule has 3 heterocycles. The number of piperidine rings is 1. The van der Waals surface area contributed by atoms with Gasteiger partial charge in [0.25, 0.3) is 0 Å². The van der Waals surface area contributed by atoms with Gasteiger partial charge in [-0.05, 0) is 32.6 Å². The highest BCUT2D eigenvalue weighted by molar-refractivity contribution is 5.56. The van der Waals surface area contributed by atoms with Crippen molar-refractivity contribution in [2.75, 3.05) is 16.8 Å². The molecule has 6 heteroatoms. The van der Waals surface area contributed by atoms with Crippen LogP contribution in [0.25, 0.3) is 0 Å². The lowest BCUT2D eigenvalue weighted by molar-refractivity contribution is 0.400. The van der Waals surface area contributed by atoms with Gasteiger partial charge in [-0.1, -0.05) is 12.1 Å². The molecule has 1 aliphatic heterocycles. The summed E-state index contributed by atoms with van der Waals surface area (Å²) in [4.78, 5) is 11.1. The number of nitrogens with zero attached hydrogens (tertiary/aromatic N) is 4. The smallest absolute Gasteiger partial charge is 0.175 e. The topological polar surface area (TPSA) is 67.1 Å². The van der Waals surface area contributed by atoms with Crippen molar-refractivity contribution in [3.8, 4) is 0 Å². The number of nitrogens with one attached hydrogen (secondary N) is 1. The maximum Gasteiger partial charge on any atom is 0.175 e. The van der Waals surface area contributed by atoms with Crippen LogP contribution in [0.15, 0.2) is 23.0 Å². The molecule has 0 spiro atoms. The van der Waals surface area contributed by atoms with Crippen LogP contribution in [-0.4, -0.2) is 27.7 Å². The molecule has 1 fully saturated rings. The molecular formula is C15H21N5O. The molecule has 1 unspecified atom stereocenters. The highest BCUT2D eigenvalue weighted by Crippen LogP contribution is 2.26. The Bertz CT molecular complexity index is 597. The molecule has 0 aromatic carbocycles. The zero-order valence-electron chi connectivity index (χ0n) is 12.5. The average Bonchev–Trinajstić information content (AvgIpc) is 2.92. The summed E-state index contributed by atoms with van der Waals surface area (Å²) in [7, 11) is 0.